The topological polar surface area (TPSA) is 47.1 Å². The molecule has 2 atom stereocenters. The molecule has 1 aromatic rings. The van der Waals surface area contributed by atoms with Crippen molar-refractivity contribution in [1.82, 2.24) is 14.7 Å². The van der Waals surface area contributed by atoms with Gasteiger partial charge in [-0.2, -0.15) is 5.10 Å². The highest BCUT2D eigenvalue weighted by Crippen LogP contribution is 2.33. The van der Waals surface area contributed by atoms with Crippen molar-refractivity contribution in [3.63, 3.8) is 0 Å². The zero-order chi connectivity index (χ0) is 10.8. The molecule has 0 aliphatic carbocycles. The minimum absolute atomic E-state index is 0.456. The van der Waals surface area contributed by atoms with Crippen LogP contribution in [0.5, 0.6) is 0 Å². The predicted molar refractivity (Wildman–Crippen MR) is 60.4 cm³/mol. The molecule has 0 aromatic carbocycles. The molecule has 2 rings (SSSR count). The van der Waals surface area contributed by atoms with Crippen LogP contribution in [0.15, 0.2) is 12.4 Å². The summed E-state index contributed by atoms with van der Waals surface area (Å²) in [6.45, 7) is 1.93. The fraction of sp³-hybridized carbons (Fsp3) is 0.727. The van der Waals surface area contributed by atoms with E-state index < -0.39 is 0 Å². The minimum atomic E-state index is 0.456. The molecule has 0 saturated carbocycles. The highest BCUT2D eigenvalue weighted by Gasteiger charge is 2.30. The van der Waals surface area contributed by atoms with Crippen molar-refractivity contribution in [3.8, 4) is 0 Å². The monoisotopic (exact) mass is 208 g/mol. The maximum atomic E-state index is 5.85. The van der Waals surface area contributed by atoms with Gasteiger partial charge in [-0.05, 0) is 38.9 Å². The molecule has 1 fully saturated rings. The second-order valence-electron chi connectivity index (χ2n) is 4.51. The Morgan fingerprint density at radius 2 is 2.33 bits per heavy atom. The third-order valence-corrected chi connectivity index (χ3v) is 3.38. The largest absolute Gasteiger partial charge is 0.330 e. The van der Waals surface area contributed by atoms with E-state index in [1.165, 1.54) is 18.4 Å². The lowest BCUT2D eigenvalue weighted by molar-refractivity contribution is 0.125. The lowest BCUT2D eigenvalue weighted by Crippen LogP contribution is -2.39. The van der Waals surface area contributed by atoms with Crippen LogP contribution < -0.4 is 5.73 Å². The third-order valence-electron chi connectivity index (χ3n) is 3.38. The summed E-state index contributed by atoms with van der Waals surface area (Å²) in [6, 6.07) is 0.456. The molecule has 0 unspecified atom stereocenters. The van der Waals surface area contributed by atoms with Crippen LogP contribution in [0.3, 0.4) is 0 Å². The standard InChI is InChI=1S/C11H20N4/c1-14-5-3-4-9(6-12)11(14)10-7-13-15(2)8-10/h7-9,11H,3-6,12H2,1-2H3/t9-,11+/m0/s1. The Bertz CT molecular complexity index is 320. The average molecular weight is 208 g/mol. The Morgan fingerprint density at radius 1 is 1.53 bits per heavy atom. The summed E-state index contributed by atoms with van der Waals surface area (Å²) in [6.07, 6.45) is 6.57. The molecule has 0 amide bonds. The summed E-state index contributed by atoms with van der Waals surface area (Å²) in [7, 11) is 4.14. The Kier molecular flexibility index (Phi) is 3.07. The SMILES string of the molecule is CN1CCC[C@@H](CN)[C@@H]1c1cnn(C)c1. The molecule has 0 spiro atoms. The van der Waals surface area contributed by atoms with Crippen LogP contribution in [0.4, 0.5) is 0 Å². The second-order valence-corrected chi connectivity index (χ2v) is 4.51. The van der Waals surface area contributed by atoms with Crippen LogP contribution in [0, 0.1) is 5.92 Å². The average Bonchev–Trinajstić information content (AvgIpc) is 2.64. The summed E-state index contributed by atoms with van der Waals surface area (Å²) in [4.78, 5) is 2.40. The van der Waals surface area contributed by atoms with Crippen LogP contribution in [-0.4, -0.2) is 34.8 Å². The fourth-order valence-corrected chi connectivity index (χ4v) is 2.63. The number of aromatic nitrogens is 2. The van der Waals surface area contributed by atoms with E-state index in [1.54, 1.807) is 0 Å². The number of hydrogen-bond donors (Lipinski definition) is 1. The highest BCUT2D eigenvalue weighted by molar-refractivity contribution is 5.13. The van der Waals surface area contributed by atoms with Gasteiger partial charge >= 0.3 is 0 Å². The summed E-state index contributed by atoms with van der Waals surface area (Å²) in [5.74, 6) is 0.577. The van der Waals surface area contributed by atoms with Crippen molar-refractivity contribution in [1.29, 1.82) is 0 Å². The molecule has 1 saturated heterocycles. The van der Waals surface area contributed by atoms with Crippen molar-refractivity contribution < 1.29 is 0 Å². The van der Waals surface area contributed by atoms with Crippen molar-refractivity contribution in [2.45, 2.75) is 18.9 Å². The molecule has 1 aliphatic rings. The van der Waals surface area contributed by atoms with Crippen molar-refractivity contribution in [2.75, 3.05) is 20.1 Å². The lowest BCUT2D eigenvalue weighted by atomic mass is 9.86. The van der Waals surface area contributed by atoms with Crippen LogP contribution in [-0.2, 0) is 7.05 Å². The molecule has 4 nitrogen and oxygen atoms in total. The molecule has 0 radical (unpaired) electrons. The number of nitrogens with zero attached hydrogens (tertiary/aromatic N) is 3. The van der Waals surface area contributed by atoms with E-state index in [2.05, 4.69) is 23.2 Å². The Morgan fingerprint density at radius 3 is 2.93 bits per heavy atom. The smallest absolute Gasteiger partial charge is 0.0537 e. The molecule has 4 heteroatoms. The first-order chi connectivity index (χ1) is 7.22. The van der Waals surface area contributed by atoms with E-state index in [9.17, 15) is 0 Å². The van der Waals surface area contributed by atoms with Crippen LogP contribution in [0.1, 0.15) is 24.4 Å². The maximum absolute atomic E-state index is 5.85. The molecular formula is C11H20N4. The highest BCUT2D eigenvalue weighted by atomic mass is 15.2. The van der Waals surface area contributed by atoms with E-state index >= 15 is 0 Å². The van der Waals surface area contributed by atoms with Crippen molar-refractivity contribution in [3.05, 3.63) is 18.0 Å². The van der Waals surface area contributed by atoms with Gasteiger partial charge in [-0.15, -0.1) is 0 Å². The van der Waals surface area contributed by atoms with Crippen LogP contribution in [0.2, 0.25) is 0 Å². The molecule has 0 bridgehead atoms. The van der Waals surface area contributed by atoms with E-state index in [-0.39, 0.29) is 0 Å². The first-order valence-electron chi connectivity index (χ1n) is 5.61. The summed E-state index contributed by atoms with van der Waals surface area (Å²) >= 11 is 0. The zero-order valence-electron chi connectivity index (χ0n) is 9.56. The third kappa shape index (κ3) is 2.06. The van der Waals surface area contributed by atoms with Gasteiger partial charge < -0.3 is 5.73 Å². The zero-order valence-corrected chi connectivity index (χ0v) is 9.56. The Balaban J connectivity index is 2.22. The fourth-order valence-electron chi connectivity index (χ4n) is 2.63. The van der Waals surface area contributed by atoms with Crippen LogP contribution in [0.25, 0.3) is 0 Å². The Hall–Kier alpha value is -0.870. The predicted octanol–water partition coefficient (Wildman–Crippen LogP) is 0.762. The summed E-state index contributed by atoms with van der Waals surface area (Å²) in [5.41, 5.74) is 7.15. The molecule has 1 aliphatic heterocycles. The van der Waals surface area contributed by atoms with Crippen molar-refractivity contribution >= 4 is 0 Å². The van der Waals surface area contributed by atoms with Gasteiger partial charge in [0.25, 0.3) is 0 Å². The lowest BCUT2D eigenvalue weighted by Gasteiger charge is -2.38. The van der Waals surface area contributed by atoms with Gasteiger partial charge in [0.2, 0.25) is 0 Å². The van der Waals surface area contributed by atoms with Crippen LogP contribution >= 0.6 is 0 Å². The number of aryl methyl sites for hydroxylation is 1. The number of piperidine rings is 1. The van der Waals surface area contributed by atoms with Gasteiger partial charge in [0.15, 0.2) is 0 Å². The van der Waals surface area contributed by atoms with Crippen molar-refractivity contribution in [2.24, 2.45) is 18.7 Å². The molecular weight excluding hydrogens is 188 g/mol. The van der Waals surface area contributed by atoms with E-state index in [0.29, 0.717) is 12.0 Å². The van der Waals surface area contributed by atoms with Gasteiger partial charge in [0.1, 0.15) is 0 Å². The number of hydrogen-bond acceptors (Lipinski definition) is 3. The summed E-state index contributed by atoms with van der Waals surface area (Å²) < 4.78 is 1.87. The van der Waals surface area contributed by atoms with Gasteiger partial charge in [-0.1, -0.05) is 0 Å². The molecule has 1 aromatic heterocycles. The maximum Gasteiger partial charge on any atom is 0.0537 e. The normalized spacial score (nSPS) is 28.2. The number of nitrogens with two attached hydrogens (primary N) is 1. The number of rotatable bonds is 2. The van der Waals surface area contributed by atoms with Gasteiger partial charge in [0, 0.05) is 24.8 Å². The summed E-state index contributed by atoms with van der Waals surface area (Å²) in [5, 5.41) is 4.24. The quantitative estimate of drug-likeness (QED) is 0.780. The van der Waals surface area contributed by atoms with E-state index in [4.69, 9.17) is 5.73 Å². The molecule has 15 heavy (non-hydrogen) atoms. The molecule has 2 heterocycles. The van der Waals surface area contributed by atoms with Gasteiger partial charge in [-0.25, -0.2) is 0 Å². The second kappa shape index (κ2) is 4.33. The van der Waals surface area contributed by atoms with Gasteiger partial charge in [-0.3, -0.25) is 9.58 Å². The molecule has 2 N–H and O–H groups in total. The molecule has 84 valence electrons. The van der Waals surface area contributed by atoms with E-state index in [1.807, 2.05) is 17.9 Å². The first kappa shape index (κ1) is 10.6. The minimum Gasteiger partial charge on any atom is -0.330 e. The number of likely N-dealkylation sites (tertiary alicyclic amines) is 1. The first-order valence-corrected chi connectivity index (χ1v) is 5.61. The van der Waals surface area contributed by atoms with Gasteiger partial charge in [0.05, 0.1) is 6.20 Å². The van der Waals surface area contributed by atoms with E-state index in [0.717, 1.165) is 13.1 Å². The Labute approximate surface area is 91.1 Å².